The molecule has 4 heterocycles. The largest absolute Gasteiger partial charge is 0.493 e. The average Bonchev–Trinajstić information content (AvgIpc) is 3.17. The van der Waals surface area contributed by atoms with Gasteiger partial charge in [-0.2, -0.15) is 4.98 Å². The van der Waals surface area contributed by atoms with Crippen LogP contribution in [0.1, 0.15) is 24.0 Å². The van der Waals surface area contributed by atoms with Gasteiger partial charge in [0.1, 0.15) is 5.52 Å². The van der Waals surface area contributed by atoms with Gasteiger partial charge in [-0.15, -0.1) is 0 Å². The summed E-state index contributed by atoms with van der Waals surface area (Å²) in [5.41, 5.74) is 4.46. The van der Waals surface area contributed by atoms with E-state index in [-0.39, 0.29) is 0 Å². The first-order valence-electron chi connectivity index (χ1n) is 10.5. The Morgan fingerprint density at radius 1 is 0.967 bits per heavy atom. The molecule has 0 unspecified atom stereocenters. The summed E-state index contributed by atoms with van der Waals surface area (Å²) in [6, 6.07) is 4.87. The van der Waals surface area contributed by atoms with E-state index in [4.69, 9.17) is 9.47 Å². The van der Waals surface area contributed by atoms with E-state index in [2.05, 4.69) is 36.9 Å². The van der Waals surface area contributed by atoms with Crippen molar-refractivity contribution >= 4 is 17.1 Å². The molecule has 0 N–H and O–H groups in total. The van der Waals surface area contributed by atoms with Gasteiger partial charge in [0.15, 0.2) is 17.1 Å². The van der Waals surface area contributed by atoms with Gasteiger partial charge in [-0.3, -0.25) is 4.90 Å². The van der Waals surface area contributed by atoms with Gasteiger partial charge in [0.25, 0.3) is 0 Å². The lowest BCUT2D eigenvalue weighted by Gasteiger charge is -2.40. The fourth-order valence-electron chi connectivity index (χ4n) is 4.70. The number of aromatic nitrogens is 4. The van der Waals surface area contributed by atoms with Crippen LogP contribution < -0.4 is 14.4 Å². The van der Waals surface area contributed by atoms with Crippen molar-refractivity contribution in [1.29, 1.82) is 0 Å². The highest BCUT2D eigenvalue weighted by atomic mass is 16.5. The van der Waals surface area contributed by atoms with Crippen LogP contribution in [0.4, 0.5) is 5.95 Å². The Bertz CT molecular complexity index is 1060. The summed E-state index contributed by atoms with van der Waals surface area (Å²) in [5, 5.41) is 0. The molecule has 0 saturated carbocycles. The Hall–Kier alpha value is -2.87. The first kappa shape index (κ1) is 19.1. The first-order chi connectivity index (χ1) is 14.7. The molecule has 0 bridgehead atoms. The van der Waals surface area contributed by atoms with Gasteiger partial charge in [-0.25, -0.2) is 9.97 Å². The van der Waals surface area contributed by atoms with Crippen LogP contribution in [-0.2, 0) is 20.0 Å². The molecule has 2 aliphatic rings. The molecule has 0 aliphatic carbocycles. The molecule has 0 amide bonds. The van der Waals surface area contributed by atoms with E-state index < -0.39 is 0 Å². The van der Waals surface area contributed by atoms with Crippen LogP contribution in [0.25, 0.3) is 11.2 Å². The van der Waals surface area contributed by atoms with Gasteiger partial charge >= 0.3 is 0 Å². The second-order valence-corrected chi connectivity index (χ2v) is 8.15. The molecular weight excluding hydrogens is 380 g/mol. The van der Waals surface area contributed by atoms with Gasteiger partial charge in [-0.05, 0) is 42.5 Å². The Morgan fingerprint density at radius 2 is 1.70 bits per heavy atom. The molecule has 2 aromatic heterocycles. The van der Waals surface area contributed by atoms with Gasteiger partial charge < -0.3 is 18.9 Å². The first-order valence-corrected chi connectivity index (χ1v) is 10.5. The van der Waals surface area contributed by atoms with E-state index in [0.717, 1.165) is 74.1 Å². The standard InChI is InChI=1S/C22H28N6O2/c1-26-14-24-21-18(26)12-23-22(25-21)27-8-5-17(6-9-27)28-7-4-15-10-19(29-2)20(30-3)11-16(15)13-28/h10-12,14,17H,4-9,13H2,1-3H3. The van der Waals surface area contributed by atoms with Crippen LogP contribution in [0.15, 0.2) is 24.7 Å². The molecule has 30 heavy (non-hydrogen) atoms. The van der Waals surface area contributed by atoms with Crippen LogP contribution in [0.2, 0.25) is 0 Å². The quantitative estimate of drug-likeness (QED) is 0.657. The maximum absolute atomic E-state index is 5.51. The minimum absolute atomic E-state index is 0.584. The van der Waals surface area contributed by atoms with Crippen molar-refractivity contribution in [3.8, 4) is 11.5 Å². The van der Waals surface area contributed by atoms with E-state index in [1.165, 1.54) is 11.1 Å². The molecule has 0 spiro atoms. The summed E-state index contributed by atoms with van der Waals surface area (Å²) in [6.07, 6.45) is 6.95. The monoisotopic (exact) mass is 408 g/mol. The fraction of sp³-hybridized carbons (Fsp3) is 0.500. The van der Waals surface area contributed by atoms with Crippen LogP contribution in [-0.4, -0.2) is 64.3 Å². The molecule has 5 rings (SSSR count). The van der Waals surface area contributed by atoms with E-state index in [0.29, 0.717) is 6.04 Å². The normalized spacial score (nSPS) is 17.9. The number of piperidine rings is 1. The third-order valence-corrected chi connectivity index (χ3v) is 6.48. The summed E-state index contributed by atoms with van der Waals surface area (Å²) in [4.78, 5) is 18.5. The van der Waals surface area contributed by atoms with Crippen LogP contribution in [0.5, 0.6) is 11.5 Å². The molecule has 0 atom stereocenters. The number of hydrogen-bond acceptors (Lipinski definition) is 7. The topological polar surface area (TPSA) is 68.5 Å². The summed E-state index contributed by atoms with van der Waals surface area (Å²) in [5.74, 6) is 2.43. The van der Waals surface area contributed by atoms with Crippen LogP contribution in [0, 0.1) is 0 Å². The van der Waals surface area contributed by atoms with Gasteiger partial charge in [0.2, 0.25) is 5.95 Å². The second kappa shape index (κ2) is 7.75. The SMILES string of the molecule is COc1cc2c(cc1OC)CN(C1CCN(c3ncc4c(ncn4C)n3)CC1)CC2. The van der Waals surface area contributed by atoms with Crippen LogP contribution >= 0.6 is 0 Å². The zero-order chi connectivity index (χ0) is 20.7. The summed E-state index contributed by atoms with van der Waals surface area (Å²) in [7, 11) is 5.36. The van der Waals surface area contributed by atoms with Crippen molar-refractivity contribution in [1.82, 2.24) is 24.4 Å². The Balaban J connectivity index is 1.25. The van der Waals surface area contributed by atoms with E-state index in [1.54, 1.807) is 20.5 Å². The predicted octanol–water partition coefficient (Wildman–Crippen LogP) is 2.41. The number of ether oxygens (including phenoxy) is 2. The van der Waals surface area contributed by atoms with E-state index >= 15 is 0 Å². The fourth-order valence-corrected chi connectivity index (χ4v) is 4.70. The minimum atomic E-state index is 0.584. The number of hydrogen-bond donors (Lipinski definition) is 0. The second-order valence-electron chi connectivity index (χ2n) is 8.15. The lowest BCUT2D eigenvalue weighted by atomic mass is 9.95. The zero-order valence-electron chi connectivity index (χ0n) is 17.8. The van der Waals surface area contributed by atoms with Crippen molar-refractivity contribution in [3.05, 3.63) is 35.8 Å². The summed E-state index contributed by atoms with van der Waals surface area (Å²) in [6.45, 7) is 4.00. The number of benzene rings is 1. The van der Waals surface area contributed by atoms with E-state index in [9.17, 15) is 0 Å². The molecule has 1 aromatic carbocycles. The number of fused-ring (bicyclic) bond motifs is 2. The Labute approximate surface area is 176 Å². The van der Waals surface area contributed by atoms with Gasteiger partial charge in [-0.1, -0.05) is 0 Å². The third kappa shape index (κ3) is 3.35. The van der Waals surface area contributed by atoms with E-state index in [1.807, 2.05) is 17.8 Å². The van der Waals surface area contributed by atoms with Crippen molar-refractivity contribution in [2.24, 2.45) is 7.05 Å². The van der Waals surface area contributed by atoms with Gasteiger partial charge in [0.05, 0.1) is 26.7 Å². The number of aryl methyl sites for hydroxylation is 1. The minimum Gasteiger partial charge on any atom is -0.493 e. The van der Waals surface area contributed by atoms with Crippen molar-refractivity contribution in [2.75, 3.05) is 38.8 Å². The predicted molar refractivity (Wildman–Crippen MR) is 115 cm³/mol. The highest BCUT2D eigenvalue weighted by molar-refractivity contribution is 5.70. The average molecular weight is 409 g/mol. The molecule has 8 nitrogen and oxygen atoms in total. The highest BCUT2D eigenvalue weighted by Gasteiger charge is 2.29. The maximum Gasteiger partial charge on any atom is 0.227 e. The smallest absolute Gasteiger partial charge is 0.227 e. The van der Waals surface area contributed by atoms with Crippen molar-refractivity contribution in [2.45, 2.75) is 31.8 Å². The maximum atomic E-state index is 5.51. The highest BCUT2D eigenvalue weighted by Crippen LogP contribution is 2.34. The molecule has 2 aliphatic heterocycles. The number of imidazole rings is 1. The number of rotatable bonds is 4. The molecule has 3 aromatic rings. The third-order valence-electron chi connectivity index (χ3n) is 6.48. The number of anilines is 1. The number of nitrogens with zero attached hydrogens (tertiary/aromatic N) is 6. The van der Waals surface area contributed by atoms with Gasteiger partial charge in [0, 0.05) is 39.3 Å². The molecule has 8 heteroatoms. The zero-order valence-corrected chi connectivity index (χ0v) is 17.8. The molecular formula is C22H28N6O2. The Kier molecular flexibility index (Phi) is 4.94. The summed E-state index contributed by atoms with van der Waals surface area (Å²) < 4.78 is 12.9. The van der Waals surface area contributed by atoms with Crippen molar-refractivity contribution < 1.29 is 9.47 Å². The molecule has 1 fully saturated rings. The lowest BCUT2D eigenvalue weighted by Crippen LogP contribution is -2.47. The summed E-state index contributed by atoms with van der Waals surface area (Å²) >= 11 is 0. The lowest BCUT2D eigenvalue weighted by molar-refractivity contribution is 0.152. The molecule has 0 radical (unpaired) electrons. The van der Waals surface area contributed by atoms with Crippen molar-refractivity contribution in [3.63, 3.8) is 0 Å². The molecule has 1 saturated heterocycles. The van der Waals surface area contributed by atoms with Crippen LogP contribution in [0.3, 0.4) is 0 Å². The number of methoxy groups -OCH3 is 2. The Morgan fingerprint density at radius 3 is 2.43 bits per heavy atom. The molecule has 158 valence electrons.